The number of methoxy groups -OCH3 is 1. The van der Waals surface area contributed by atoms with Crippen LogP contribution in [0.3, 0.4) is 0 Å². The molecule has 1 aliphatic heterocycles. The smallest absolute Gasteiger partial charge is 0.407 e. The Balaban J connectivity index is 2.61. The highest BCUT2D eigenvalue weighted by molar-refractivity contribution is 5.82. The number of carbonyl (C=O) groups excluding carboxylic acids is 1. The van der Waals surface area contributed by atoms with Crippen LogP contribution in [0.1, 0.15) is 19.8 Å². The zero-order chi connectivity index (χ0) is 11.4. The molecule has 1 atom stereocenters. The Hall–Kier alpha value is -1.52. The molecule has 1 rings (SSSR count). The quantitative estimate of drug-likeness (QED) is 0.525. The SMILES string of the molecule is COC(=O)/C=C1/CCN(C(=O)O)[C@@H](C)C1. The van der Waals surface area contributed by atoms with Gasteiger partial charge >= 0.3 is 12.1 Å². The molecule has 5 heteroatoms. The monoisotopic (exact) mass is 213 g/mol. The lowest BCUT2D eigenvalue weighted by Gasteiger charge is -2.32. The van der Waals surface area contributed by atoms with E-state index < -0.39 is 6.09 Å². The van der Waals surface area contributed by atoms with Gasteiger partial charge in [-0.2, -0.15) is 0 Å². The van der Waals surface area contributed by atoms with Crippen molar-refractivity contribution in [2.75, 3.05) is 13.7 Å². The van der Waals surface area contributed by atoms with E-state index >= 15 is 0 Å². The Morgan fingerprint density at radius 3 is 2.73 bits per heavy atom. The largest absolute Gasteiger partial charge is 0.466 e. The minimum atomic E-state index is -0.903. The van der Waals surface area contributed by atoms with Crippen LogP contribution in [0, 0.1) is 0 Å². The van der Waals surface area contributed by atoms with E-state index in [0.29, 0.717) is 19.4 Å². The number of ether oxygens (including phenoxy) is 1. The molecule has 0 aliphatic carbocycles. The first-order valence-corrected chi connectivity index (χ1v) is 4.81. The molecule has 1 saturated heterocycles. The van der Waals surface area contributed by atoms with Crippen LogP contribution in [0.2, 0.25) is 0 Å². The Bertz CT molecular complexity index is 298. The van der Waals surface area contributed by atoms with Crippen LogP contribution < -0.4 is 0 Å². The predicted octanol–water partition coefficient (Wildman–Crippen LogP) is 1.25. The third kappa shape index (κ3) is 2.97. The molecule has 0 unspecified atom stereocenters. The number of piperidine rings is 1. The molecular weight excluding hydrogens is 198 g/mol. The molecule has 0 radical (unpaired) electrons. The number of rotatable bonds is 1. The zero-order valence-electron chi connectivity index (χ0n) is 8.90. The van der Waals surface area contributed by atoms with Crippen molar-refractivity contribution >= 4 is 12.1 Å². The average molecular weight is 213 g/mol. The first-order chi connectivity index (χ1) is 7.04. The number of hydrogen-bond donors (Lipinski definition) is 1. The Morgan fingerprint density at radius 2 is 2.27 bits per heavy atom. The van der Waals surface area contributed by atoms with Gasteiger partial charge in [0.05, 0.1) is 7.11 Å². The van der Waals surface area contributed by atoms with Gasteiger partial charge in [-0.15, -0.1) is 0 Å². The molecule has 0 aromatic heterocycles. The molecule has 0 aromatic carbocycles. The lowest BCUT2D eigenvalue weighted by atomic mass is 9.98. The highest BCUT2D eigenvalue weighted by Crippen LogP contribution is 2.21. The van der Waals surface area contributed by atoms with Gasteiger partial charge in [-0.1, -0.05) is 5.57 Å². The van der Waals surface area contributed by atoms with Crippen molar-refractivity contribution in [3.63, 3.8) is 0 Å². The molecule has 0 bridgehead atoms. The van der Waals surface area contributed by atoms with Gasteiger partial charge in [0.1, 0.15) is 0 Å². The maximum absolute atomic E-state index is 11.0. The van der Waals surface area contributed by atoms with Crippen molar-refractivity contribution in [3.8, 4) is 0 Å². The van der Waals surface area contributed by atoms with E-state index in [1.807, 2.05) is 6.92 Å². The van der Waals surface area contributed by atoms with Crippen LogP contribution in [-0.2, 0) is 9.53 Å². The number of amides is 1. The second kappa shape index (κ2) is 4.82. The second-order valence-electron chi connectivity index (χ2n) is 3.60. The fourth-order valence-electron chi connectivity index (χ4n) is 1.72. The number of esters is 1. The van der Waals surface area contributed by atoms with Crippen LogP contribution in [0.15, 0.2) is 11.6 Å². The second-order valence-corrected chi connectivity index (χ2v) is 3.60. The van der Waals surface area contributed by atoms with Gasteiger partial charge in [-0.05, 0) is 19.8 Å². The zero-order valence-corrected chi connectivity index (χ0v) is 8.90. The summed E-state index contributed by atoms with van der Waals surface area (Å²) in [4.78, 5) is 23.1. The minimum Gasteiger partial charge on any atom is -0.466 e. The lowest BCUT2D eigenvalue weighted by molar-refractivity contribution is -0.134. The summed E-state index contributed by atoms with van der Waals surface area (Å²) < 4.78 is 4.52. The lowest BCUT2D eigenvalue weighted by Crippen LogP contribution is -2.41. The van der Waals surface area contributed by atoms with E-state index in [-0.39, 0.29) is 12.0 Å². The van der Waals surface area contributed by atoms with E-state index in [4.69, 9.17) is 5.11 Å². The summed E-state index contributed by atoms with van der Waals surface area (Å²) >= 11 is 0. The molecule has 0 spiro atoms. The summed E-state index contributed by atoms with van der Waals surface area (Å²) in [5.74, 6) is -0.374. The standard InChI is InChI=1S/C10H15NO4/c1-7-5-8(6-9(12)15-2)3-4-11(7)10(13)14/h6-7H,3-5H2,1-2H3,(H,13,14)/b8-6-/t7-/m0/s1. The molecule has 1 heterocycles. The number of carbonyl (C=O) groups is 2. The van der Waals surface area contributed by atoms with Crippen molar-refractivity contribution in [3.05, 3.63) is 11.6 Å². The van der Waals surface area contributed by atoms with Crippen LogP contribution in [-0.4, -0.2) is 41.8 Å². The highest BCUT2D eigenvalue weighted by Gasteiger charge is 2.25. The molecule has 1 N–H and O–H groups in total. The van der Waals surface area contributed by atoms with E-state index in [0.717, 1.165) is 5.57 Å². The van der Waals surface area contributed by atoms with Crippen molar-refractivity contribution in [1.29, 1.82) is 0 Å². The van der Waals surface area contributed by atoms with Crippen LogP contribution in [0.4, 0.5) is 4.79 Å². The van der Waals surface area contributed by atoms with Gasteiger partial charge in [0.15, 0.2) is 0 Å². The van der Waals surface area contributed by atoms with Crippen LogP contribution >= 0.6 is 0 Å². The van der Waals surface area contributed by atoms with Gasteiger partial charge in [-0.3, -0.25) is 0 Å². The first-order valence-electron chi connectivity index (χ1n) is 4.81. The molecule has 15 heavy (non-hydrogen) atoms. The van der Waals surface area contributed by atoms with Gasteiger partial charge < -0.3 is 14.7 Å². The maximum Gasteiger partial charge on any atom is 0.407 e. The van der Waals surface area contributed by atoms with Crippen LogP contribution in [0.5, 0.6) is 0 Å². The predicted molar refractivity (Wildman–Crippen MR) is 53.5 cm³/mol. The average Bonchev–Trinajstić information content (AvgIpc) is 2.17. The molecule has 1 amide bonds. The molecule has 0 aromatic rings. The summed E-state index contributed by atoms with van der Waals surface area (Å²) in [6, 6.07) is -0.0767. The third-order valence-corrected chi connectivity index (χ3v) is 2.53. The fraction of sp³-hybridized carbons (Fsp3) is 0.600. The number of carboxylic acid groups (broad SMARTS) is 1. The van der Waals surface area contributed by atoms with Gasteiger partial charge in [-0.25, -0.2) is 9.59 Å². The Morgan fingerprint density at radius 1 is 1.60 bits per heavy atom. The highest BCUT2D eigenvalue weighted by atomic mass is 16.5. The number of nitrogens with zero attached hydrogens (tertiary/aromatic N) is 1. The minimum absolute atomic E-state index is 0.0767. The first kappa shape index (κ1) is 11.6. The molecule has 5 nitrogen and oxygen atoms in total. The van der Waals surface area contributed by atoms with E-state index in [9.17, 15) is 9.59 Å². The Labute approximate surface area is 88.3 Å². The van der Waals surface area contributed by atoms with Crippen LogP contribution in [0.25, 0.3) is 0 Å². The van der Waals surface area contributed by atoms with E-state index in [1.54, 1.807) is 0 Å². The summed E-state index contributed by atoms with van der Waals surface area (Å²) in [5, 5.41) is 8.84. The maximum atomic E-state index is 11.0. The number of hydrogen-bond acceptors (Lipinski definition) is 3. The Kier molecular flexibility index (Phi) is 3.71. The van der Waals surface area contributed by atoms with Gasteiger partial charge in [0, 0.05) is 18.7 Å². The number of likely N-dealkylation sites (tertiary alicyclic amines) is 1. The molecule has 1 fully saturated rings. The molecule has 1 aliphatic rings. The fourth-order valence-corrected chi connectivity index (χ4v) is 1.72. The topological polar surface area (TPSA) is 66.8 Å². The van der Waals surface area contributed by atoms with Gasteiger partial charge in [0.2, 0.25) is 0 Å². The summed E-state index contributed by atoms with van der Waals surface area (Å²) in [7, 11) is 1.33. The van der Waals surface area contributed by atoms with E-state index in [1.165, 1.54) is 18.1 Å². The normalized spacial score (nSPS) is 24.0. The molecule has 84 valence electrons. The summed E-state index contributed by atoms with van der Waals surface area (Å²) in [5.41, 5.74) is 0.951. The molecule has 0 saturated carbocycles. The van der Waals surface area contributed by atoms with Crippen molar-refractivity contribution in [1.82, 2.24) is 4.90 Å². The summed E-state index contributed by atoms with van der Waals surface area (Å²) in [6.07, 6.45) is 1.75. The third-order valence-electron chi connectivity index (χ3n) is 2.53. The van der Waals surface area contributed by atoms with E-state index in [2.05, 4.69) is 4.74 Å². The molecular formula is C10H15NO4. The van der Waals surface area contributed by atoms with Crippen molar-refractivity contribution in [2.45, 2.75) is 25.8 Å². The summed E-state index contributed by atoms with van der Waals surface area (Å²) in [6.45, 7) is 2.28. The van der Waals surface area contributed by atoms with Gasteiger partial charge in [0.25, 0.3) is 0 Å². The van der Waals surface area contributed by atoms with Crippen molar-refractivity contribution in [2.24, 2.45) is 0 Å². The van der Waals surface area contributed by atoms with Crippen molar-refractivity contribution < 1.29 is 19.4 Å².